The smallest absolute Gasteiger partial charge is 0.207 e. The lowest BCUT2D eigenvalue weighted by Gasteiger charge is -2.14. The number of carbonyl (C=O) groups is 1. The zero-order valence-electron chi connectivity index (χ0n) is 16.9. The van der Waals surface area contributed by atoms with Gasteiger partial charge in [0.15, 0.2) is 0 Å². The van der Waals surface area contributed by atoms with Crippen molar-refractivity contribution in [3.63, 3.8) is 0 Å². The molecule has 0 bridgehead atoms. The van der Waals surface area contributed by atoms with Gasteiger partial charge in [-0.05, 0) is 51.0 Å². The van der Waals surface area contributed by atoms with Crippen LogP contribution in [-0.2, 0) is 9.53 Å². The third-order valence-corrected chi connectivity index (χ3v) is 3.81. The van der Waals surface area contributed by atoms with E-state index in [4.69, 9.17) is 15.4 Å². The van der Waals surface area contributed by atoms with Gasteiger partial charge in [0.05, 0.1) is 11.6 Å². The summed E-state index contributed by atoms with van der Waals surface area (Å²) in [5, 5.41) is 21.8. The van der Waals surface area contributed by atoms with Crippen LogP contribution in [0.2, 0.25) is 0 Å². The molecule has 0 spiro atoms. The number of anilines is 1. The lowest BCUT2D eigenvalue weighted by Crippen LogP contribution is -2.31. The van der Waals surface area contributed by atoms with Gasteiger partial charge in [0, 0.05) is 55.7 Å². The molecular weight excluding hydrogens is 368 g/mol. The topological polar surface area (TPSA) is 124 Å². The van der Waals surface area contributed by atoms with Crippen molar-refractivity contribution >= 4 is 18.3 Å². The molecule has 8 heteroatoms. The molecule has 29 heavy (non-hydrogen) atoms. The van der Waals surface area contributed by atoms with Crippen LogP contribution in [0.1, 0.15) is 36.7 Å². The number of hydrogen-bond donors (Lipinski definition) is 3. The van der Waals surface area contributed by atoms with Gasteiger partial charge in [-0.2, -0.15) is 5.26 Å². The average molecular weight is 396 g/mol. The lowest BCUT2D eigenvalue weighted by molar-refractivity contribution is -0.110. The summed E-state index contributed by atoms with van der Waals surface area (Å²) in [6.45, 7) is 6.29. The van der Waals surface area contributed by atoms with E-state index in [9.17, 15) is 4.79 Å². The first-order valence-corrected chi connectivity index (χ1v) is 9.40. The highest BCUT2D eigenvalue weighted by Gasteiger charge is 2.04. The monoisotopic (exact) mass is 396 g/mol. The Morgan fingerprint density at radius 2 is 2.00 bits per heavy atom. The van der Waals surface area contributed by atoms with Crippen LogP contribution in [0.15, 0.2) is 36.7 Å². The van der Waals surface area contributed by atoms with Crippen LogP contribution in [-0.4, -0.2) is 48.4 Å². The third kappa shape index (κ3) is 10.6. The Labute approximate surface area is 171 Å². The number of hydrogen-bond acceptors (Lipinski definition) is 7. The van der Waals surface area contributed by atoms with Gasteiger partial charge in [0.1, 0.15) is 5.82 Å². The van der Waals surface area contributed by atoms with Crippen LogP contribution in [0.4, 0.5) is 5.69 Å². The number of amides is 1. The normalized spacial score (nSPS) is 12.7. The summed E-state index contributed by atoms with van der Waals surface area (Å²) in [6.07, 6.45) is 7.86. The van der Waals surface area contributed by atoms with Crippen molar-refractivity contribution in [2.45, 2.75) is 32.7 Å². The van der Waals surface area contributed by atoms with Crippen molar-refractivity contribution in [3.05, 3.63) is 53.6 Å². The number of carbonyl (C=O) groups excluding carboxylic acids is 1. The number of aryl methyl sites for hydroxylation is 1. The molecule has 0 radical (unpaired) electrons. The van der Waals surface area contributed by atoms with E-state index >= 15 is 0 Å². The van der Waals surface area contributed by atoms with Crippen LogP contribution in [0.25, 0.3) is 0 Å². The molecule has 1 aliphatic rings. The number of rotatable bonds is 6. The van der Waals surface area contributed by atoms with Gasteiger partial charge in [0.25, 0.3) is 0 Å². The summed E-state index contributed by atoms with van der Waals surface area (Å²) in [7, 11) is 0. The average Bonchev–Trinajstić information content (AvgIpc) is 3.33. The lowest BCUT2D eigenvalue weighted by atomic mass is 10.1. The van der Waals surface area contributed by atoms with Crippen LogP contribution >= 0.6 is 0 Å². The van der Waals surface area contributed by atoms with Crippen molar-refractivity contribution in [1.82, 2.24) is 15.3 Å². The quantitative estimate of drug-likeness (QED) is 0.509. The van der Waals surface area contributed by atoms with Crippen molar-refractivity contribution in [2.24, 2.45) is 0 Å². The van der Waals surface area contributed by atoms with E-state index in [2.05, 4.69) is 20.6 Å². The molecule has 0 aliphatic carbocycles. The van der Waals surface area contributed by atoms with Crippen molar-refractivity contribution in [1.29, 1.82) is 10.7 Å². The van der Waals surface area contributed by atoms with Gasteiger partial charge in [-0.3, -0.25) is 4.79 Å². The number of ether oxygens (including phenoxy) is 1. The molecule has 1 amide bonds. The van der Waals surface area contributed by atoms with Gasteiger partial charge < -0.3 is 20.8 Å². The molecule has 1 aromatic heterocycles. The Hall–Kier alpha value is -3.31. The fraction of sp³-hybridized carbons (Fsp3) is 0.381. The molecule has 1 aromatic carbocycles. The fourth-order valence-electron chi connectivity index (χ4n) is 2.23. The number of benzene rings is 1. The van der Waals surface area contributed by atoms with Crippen LogP contribution in [0.3, 0.4) is 0 Å². The Kier molecular flexibility index (Phi) is 12.0. The van der Waals surface area contributed by atoms with E-state index in [1.54, 1.807) is 36.7 Å². The first-order valence-electron chi connectivity index (χ1n) is 9.40. The maximum atomic E-state index is 10.2. The van der Waals surface area contributed by atoms with Crippen molar-refractivity contribution in [3.8, 4) is 6.07 Å². The highest BCUT2D eigenvalue weighted by Crippen LogP contribution is 2.15. The minimum atomic E-state index is 0.00160. The molecule has 154 valence electrons. The number of nitrogens with zero attached hydrogens (tertiary/aromatic N) is 3. The maximum absolute atomic E-state index is 10.2. The molecule has 1 unspecified atom stereocenters. The zero-order chi connectivity index (χ0) is 21.3. The molecule has 1 aliphatic heterocycles. The molecular formula is C21H28N6O2. The molecule has 0 saturated carbocycles. The Morgan fingerprint density at radius 3 is 2.45 bits per heavy atom. The second-order valence-electron chi connectivity index (χ2n) is 6.24. The van der Waals surface area contributed by atoms with Crippen LogP contribution < -0.4 is 10.6 Å². The van der Waals surface area contributed by atoms with Crippen molar-refractivity contribution in [2.75, 3.05) is 25.1 Å². The van der Waals surface area contributed by atoms with Crippen LogP contribution in [0.5, 0.6) is 0 Å². The molecule has 2 heterocycles. The van der Waals surface area contributed by atoms with E-state index in [0.29, 0.717) is 24.1 Å². The first-order chi connectivity index (χ1) is 14.1. The molecule has 1 saturated heterocycles. The number of nitrogens with one attached hydrogen (secondary N) is 3. The van der Waals surface area contributed by atoms with Gasteiger partial charge >= 0.3 is 0 Å². The predicted octanol–water partition coefficient (Wildman–Crippen LogP) is 2.68. The maximum Gasteiger partial charge on any atom is 0.207 e. The first kappa shape index (κ1) is 23.7. The van der Waals surface area contributed by atoms with Gasteiger partial charge in [-0.15, -0.1) is 0 Å². The zero-order valence-corrected chi connectivity index (χ0v) is 16.9. The second kappa shape index (κ2) is 14.7. The van der Waals surface area contributed by atoms with Crippen molar-refractivity contribution < 1.29 is 9.53 Å². The van der Waals surface area contributed by atoms with E-state index in [-0.39, 0.29) is 6.04 Å². The minimum Gasteiger partial charge on any atom is -0.382 e. The Morgan fingerprint density at radius 1 is 1.31 bits per heavy atom. The van der Waals surface area contributed by atoms with Crippen LogP contribution in [0, 0.1) is 23.7 Å². The molecule has 3 N–H and O–H groups in total. The Balaban J connectivity index is 0.000000282. The van der Waals surface area contributed by atoms with Gasteiger partial charge in [-0.1, -0.05) is 0 Å². The highest BCUT2D eigenvalue weighted by atomic mass is 16.5. The molecule has 1 fully saturated rings. The Bertz CT molecular complexity index is 765. The molecule has 1 atom stereocenters. The summed E-state index contributed by atoms with van der Waals surface area (Å²) in [5.41, 5.74) is 1.95. The molecule has 8 nitrogen and oxygen atoms in total. The van der Waals surface area contributed by atoms with E-state index in [1.165, 1.54) is 19.1 Å². The minimum absolute atomic E-state index is 0.00160. The molecule has 2 aromatic rings. The summed E-state index contributed by atoms with van der Waals surface area (Å²) in [6, 6.07) is 8.91. The van der Waals surface area contributed by atoms with E-state index in [0.717, 1.165) is 24.7 Å². The fourth-order valence-corrected chi connectivity index (χ4v) is 2.23. The molecule has 3 rings (SSSR count). The predicted molar refractivity (Wildman–Crippen MR) is 113 cm³/mol. The number of nitriles is 1. The van der Waals surface area contributed by atoms with E-state index in [1.807, 2.05) is 19.9 Å². The third-order valence-electron chi connectivity index (χ3n) is 3.81. The largest absolute Gasteiger partial charge is 0.382 e. The SMILES string of the molecule is C1CCOC1.CC(CNc1ccc(C#N)cc1C=N)NC=O.Cc1ncccn1. The highest BCUT2D eigenvalue weighted by molar-refractivity contribution is 5.86. The van der Waals surface area contributed by atoms with Gasteiger partial charge in [0.2, 0.25) is 6.41 Å². The number of aromatic nitrogens is 2. The standard InChI is InChI=1S/C12H14N4O.C5H6N2.C4H8O/c1-9(16-8-17)7-15-12-3-2-10(5-13)4-11(12)6-14;1-5-6-3-2-4-7-5;1-2-4-5-3-1/h2-4,6,8-9,14-15H,7H2,1H3,(H,16,17);2-4H,1H3;1-4H2. The summed E-state index contributed by atoms with van der Waals surface area (Å²) < 4.78 is 4.94. The van der Waals surface area contributed by atoms with E-state index < -0.39 is 0 Å². The van der Waals surface area contributed by atoms with Gasteiger partial charge in [-0.25, -0.2) is 9.97 Å². The second-order valence-corrected chi connectivity index (χ2v) is 6.24. The summed E-state index contributed by atoms with van der Waals surface area (Å²) in [5.74, 6) is 0.822. The summed E-state index contributed by atoms with van der Waals surface area (Å²) >= 11 is 0. The summed E-state index contributed by atoms with van der Waals surface area (Å²) in [4.78, 5) is 18.0.